The van der Waals surface area contributed by atoms with Gasteiger partial charge in [-0.25, -0.2) is 4.98 Å². The van der Waals surface area contributed by atoms with E-state index < -0.39 is 0 Å². The molecule has 15 heavy (non-hydrogen) atoms. The molecular weight excluding hydrogens is 204 g/mol. The lowest BCUT2D eigenvalue weighted by Crippen LogP contribution is -2.17. The van der Waals surface area contributed by atoms with Gasteiger partial charge in [0, 0.05) is 17.3 Å². The SMILES string of the molecule is CCCc1nc(C)c(C(CN)C(C)C)s1. The summed E-state index contributed by atoms with van der Waals surface area (Å²) in [5.74, 6) is 1.08. The van der Waals surface area contributed by atoms with Crippen molar-refractivity contribution in [1.82, 2.24) is 4.98 Å². The monoisotopic (exact) mass is 226 g/mol. The van der Waals surface area contributed by atoms with Gasteiger partial charge < -0.3 is 5.73 Å². The number of hydrogen-bond acceptors (Lipinski definition) is 3. The van der Waals surface area contributed by atoms with E-state index in [4.69, 9.17) is 5.73 Å². The summed E-state index contributed by atoms with van der Waals surface area (Å²) in [5, 5.41) is 1.27. The molecule has 2 N–H and O–H groups in total. The van der Waals surface area contributed by atoms with Crippen LogP contribution in [0.2, 0.25) is 0 Å². The fraction of sp³-hybridized carbons (Fsp3) is 0.750. The van der Waals surface area contributed by atoms with Crippen LogP contribution in [-0.2, 0) is 6.42 Å². The van der Waals surface area contributed by atoms with E-state index in [9.17, 15) is 0 Å². The van der Waals surface area contributed by atoms with E-state index in [0.717, 1.165) is 13.0 Å². The van der Waals surface area contributed by atoms with E-state index in [1.165, 1.54) is 22.0 Å². The highest BCUT2D eigenvalue weighted by atomic mass is 32.1. The lowest BCUT2D eigenvalue weighted by molar-refractivity contribution is 0.510. The minimum Gasteiger partial charge on any atom is -0.330 e. The van der Waals surface area contributed by atoms with Crippen molar-refractivity contribution in [1.29, 1.82) is 0 Å². The molecule has 1 atom stereocenters. The molecule has 0 radical (unpaired) electrons. The largest absolute Gasteiger partial charge is 0.330 e. The molecule has 2 nitrogen and oxygen atoms in total. The lowest BCUT2D eigenvalue weighted by Gasteiger charge is -2.17. The first-order valence-corrected chi connectivity index (χ1v) is 6.58. The summed E-state index contributed by atoms with van der Waals surface area (Å²) in [7, 11) is 0. The summed E-state index contributed by atoms with van der Waals surface area (Å²) in [6, 6.07) is 0. The van der Waals surface area contributed by atoms with Gasteiger partial charge in [0.05, 0.1) is 10.7 Å². The van der Waals surface area contributed by atoms with Gasteiger partial charge in [-0.3, -0.25) is 0 Å². The highest BCUT2D eigenvalue weighted by Crippen LogP contribution is 2.31. The molecule has 3 heteroatoms. The van der Waals surface area contributed by atoms with Crippen molar-refractivity contribution < 1.29 is 0 Å². The molecule has 0 spiro atoms. The predicted molar refractivity (Wildman–Crippen MR) is 67.5 cm³/mol. The van der Waals surface area contributed by atoms with Crippen LogP contribution < -0.4 is 5.73 Å². The van der Waals surface area contributed by atoms with Crippen molar-refractivity contribution in [2.75, 3.05) is 6.54 Å². The molecule has 0 aromatic carbocycles. The third-order valence-electron chi connectivity index (χ3n) is 2.74. The maximum Gasteiger partial charge on any atom is 0.0930 e. The minimum absolute atomic E-state index is 0.480. The van der Waals surface area contributed by atoms with Gasteiger partial charge >= 0.3 is 0 Å². The first-order chi connectivity index (χ1) is 7.10. The average molecular weight is 226 g/mol. The van der Waals surface area contributed by atoms with Crippen LogP contribution in [0, 0.1) is 12.8 Å². The highest BCUT2D eigenvalue weighted by molar-refractivity contribution is 7.11. The quantitative estimate of drug-likeness (QED) is 0.838. The summed E-state index contributed by atoms with van der Waals surface area (Å²) in [6.45, 7) is 9.49. The topological polar surface area (TPSA) is 38.9 Å². The van der Waals surface area contributed by atoms with Gasteiger partial charge in [-0.15, -0.1) is 11.3 Å². The summed E-state index contributed by atoms with van der Waals surface area (Å²) < 4.78 is 0. The van der Waals surface area contributed by atoms with Crippen molar-refractivity contribution in [3.63, 3.8) is 0 Å². The first kappa shape index (κ1) is 12.7. The molecule has 0 aliphatic carbocycles. The Balaban J connectivity index is 2.91. The molecule has 0 saturated heterocycles. The number of aromatic nitrogens is 1. The molecule has 1 unspecified atom stereocenters. The molecule has 0 aliphatic rings. The van der Waals surface area contributed by atoms with Crippen LogP contribution in [0.3, 0.4) is 0 Å². The first-order valence-electron chi connectivity index (χ1n) is 5.76. The summed E-state index contributed by atoms with van der Waals surface area (Å²) in [6.07, 6.45) is 2.27. The Morgan fingerprint density at radius 3 is 2.53 bits per heavy atom. The summed E-state index contributed by atoms with van der Waals surface area (Å²) in [5.41, 5.74) is 7.02. The second-order valence-corrected chi connectivity index (χ2v) is 5.51. The van der Waals surface area contributed by atoms with Crippen molar-refractivity contribution in [3.8, 4) is 0 Å². The summed E-state index contributed by atoms with van der Waals surface area (Å²) >= 11 is 1.85. The van der Waals surface area contributed by atoms with Crippen molar-refractivity contribution in [2.45, 2.75) is 46.5 Å². The maximum atomic E-state index is 5.84. The molecule has 0 aliphatic heterocycles. The van der Waals surface area contributed by atoms with E-state index in [1.54, 1.807) is 0 Å². The van der Waals surface area contributed by atoms with Crippen LogP contribution in [0.1, 0.15) is 48.7 Å². The van der Waals surface area contributed by atoms with E-state index in [1.807, 2.05) is 11.3 Å². The van der Waals surface area contributed by atoms with Crippen molar-refractivity contribution in [3.05, 3.63) is 15.6 Å². The third kappa shape index (κ3) is 3.02. The number of nitrogens with zero attached hydrogens (tertiary/aromatic N) is 1. The van der Waals surface area contributed by atoms with Crippen LogP contribution >= 0.6 is 11.3 Å². The molecule has 1 rings (SSSR count). The number of hydrogen-bond donors (Lipinski definition) is 1. The van der Waals surface area contributed by atoms with Crippen LogP contribution in [0.4, 0.5) is 0 Å². The average Bonchev–Trinajstić information content (AvgIpc) is 2.49. The Morgan fingerprint density at radius 1 is 1.40 bits per heavy atom. The van der Waals surface area contributed by atoms with Crippen LogP contribution in [-0.4, -0.2) is 11.5 Å². The molecule has 0 amide bonds. The number of thiazole rings is 1. The summed E-state index contributed by atoms with van der Waals surface area (Å²) in [4.78, 5) is 6.01. The van der Waals surface area contributed by atoms with Crippen molar-refractivity contribution >= 4 is 11.3 Å². The van der Waals surface area contributed by atoms with E-state index in [0.29, 0.717) is 11.8 Å². The number of nitrogens with two attached hydrogens (primary N) is 1. The Hall–Kier alpha value is -0.410. The molecule has 0 saturated carbocycles. The van der Waals surface area contributed by atoms with Crippen LogP contribution in [0.5, 0.6) is 0 Å². The van der Waals surface area contributed by atoms with Gasteiger partial charge in [0.1, 0.15) is 0 Å². The Bertz CT molecular complexity index is 305. The molecular formula is C12H22N2S. The minimum atomic E-state index is 0.480. The van der Waals surface area contributed by atoms with Gasteiger partial charge in [0.15, 0.2) is 0 Å². The standard InChI is InChI=1S/C12H22N2S/c1-5-6-11-14-9(4)12(15-11)10(7-13)8(2)3/h8,10H,5-7,13H2,1-4H3. The van der Waals surface area contributed by atoms with E-state index >= 15 is 0 Å². The fourth-order valence-electron chi connectivity index (χ4n) is 1.81. The smallest absolute Gasteiger partial charge is 0.0930 e. The molecule has 0 bridgehead atoms. The second-order valence-electron chi connectivity index (χ2n) is 4.39. The Labute approximate surface area is 96.9 Å². The fourth-order valence-corrected chi connectivity index (χ4v) is 3.27. The van der Waals surface area contributed by atoms with Crippen molar-refractivity contribution in [2.24, 2.45) is 11.7 Å². The third-order valence-corrected chi connectivity index (χ3v) is 4.09. The van der Waals surface area contributed by atoms with Gasteiger partial charge in [0.2, 0.25) is 0 Å². The van der Waals surface area contributed by atoms with Crippen LogP contribution in [0.25, 0.3) is 0 Å². The Morgan fingerprint density at radius 2 is 2.07 bits per heavy atom. The second kappa shape index (κ2) is 5.61. The van der Waals surface area contributed by atoms with Gasteiger partial charge in [-0.1, -0.05) is 20.8 Å². The predicted octanol–water partition coefficient (Wildman–Crippen LogP) is 3.10. The van der Waals surface area contributed by atoms with E-state index in [-0.39, 0.29) is 0 Å². The molecule has 1 aromatic heterocycles. The lowest BCUT2D eigenvalue weighted by atomic mass is 9.94. The zero-order valence-electron chi connectivity index (χ0n) is 10.2. The zero-order valence-corrected chi connectivity index (χ0v) is 11.0. The van der Waals surface area contributed by atoms with Gasteiger partial charge in [-0.2, -0.15) is 0 Å². The van der Waals surface area contributed by atoms with Gasteiger partial charge in [-0.05, 0) is 25.7 Å². The number of rotatable bonds is 5. The molecule has 1 aromatic rings. The highest BCUT2D eigenvalue weighted by Gasteiger charge is 2.19. The number of aryl methyl sites for hydroxylation is 2. The molecule has 1 heterocycles. The normalized spacial score (nSPS) is 13.5. The Kier molecular flexibility index (Phi) is 4.74. The zero-order chi connectivity index (χ0) is 11.4. The van der Waals surface area contributed by atoms with Crippen LogP contribution in [0.15, 0.2) is 0 Å². The van der Waals surface area contributed by atoms with Gasteiger partial charge in [0.25, 0.3) is 0 Å². The molecule has 0 fully saturated rings. The maximum absolute atomic E-state index is 5.84. The van der Waals surface area contributed by atoms with E-state index in [2.05, 4.69) is 32.7 Å². The molecule has 86 valence electrons.